The van der Waals surface area contributed by atoms with Crippen LogP contribution in [0.15, 0.2) is 18.2 Å². The van der Waals surface area contributed by atoms with E-state index in [0.29, 0.717) is 6.54 Å². The average Bonchev–Trinajstić information content (AvgIpc) is 2.76. The molecule has 1 heterocycles. The largest absolute Gasteiger partial charge is 0.504 e. The monoisotopic (exact) mass is 264 g/mol. The fraction of sp³-hybridized carbons (Fsp3) is 0.308. The Morgan fingerprint density at radius 3 is 2.67 bits per heavy atom. The quantitative estimate of drug-likeness (QED) is 0.742. The van der Waals surface area contributed by atoms with Crippen molar-refractivity contribution in [2.75, 3.05) is 0 Å². The fourth-order valence-corrected chi connectivity index (χ4v) is 2.74. The zero-order valence-corrected chi connectivity index (χ0v) is 11.0. The Labute approximate surface area is 110 Å². The maximum atomic E-state index is 9.50. The third-order valence-electron chi connectivity index (χ3n) is 2.67. The predicted octanol–water partition coefficient (Wildman–Crippen LogP) is 2.63. The van der Waals surface area contributed by atoms with Gasteiger partial charge in [-0.3, -0.25) is 0 Å². The van der Waals surface area contributed by atoms with Crippen LogP contribution in [0.5, 0.6) is 11.5 Å². The van der Waals surface area contributed by atoms with Gasteiger partial charge in [0.1, 0.15) is 5.01 Å². The van der Waals surface area contributed by atoms with Crippen LogP contribution in [0, 0.1) is 0 Å². The molecule has 0 unspecified atom stereocenters. The van der Waals surface area contributed by atoms with Crippen molar-refractivity contribution in [2.45, 2.75) is 26.3 Å². The van der Waals surface area contributed by atoms with Crippen molar-refractivity contribution in [3.63, 3.8) is 0 Å². The summed E-state index contributed by atoms with van der Waals surface area (Å²) in [6.45, 7) is 2.59. The van der Waals surface area contributed by atoms with E-state index in [1.54, 1.807) is 6.07 Å². The van der Waals surface area contributed by atoms with Gasteiger partial charge in [0.15, 0.2) is 11.5 Å². The van der Waals surface area contributed by atoms with E-state index < -0.39 is 0 Å². The van der Waals surface area contributed by atoms with Gasteiger partial charge in [-0.1, -0.05) is 13.3 Å². The number of thiazole rings is 1. The van der Waals surface area contributed by atoms with Crippen LogP contribution in [0.25, 0.3) is 10.6 Å². The molecule has 0 saturated heterocycles. The second kappa shape index (κ2) is 5.37. The summed E-state index contributed by atoms with van der Waals surface area (Å²) in [6.07, 6.45) is 1.93. The molecule has 1 aromatic carbocycles. The van der Waals surface area contributed by atoms with Crippen LogP contribution < -0.4 is 5.73 Å². The molecule has 0 fully saturated rings. The predicted molar refractivity (Wildman–Crippen MR) is 72.8 cm³/mol. The summed E-state index contributed by atoms with van der Waals surface area (Å²) < 4.78 is 0. The molecule has 4 N–H and O–H groups in total. The molecule has 0 amide bonds. The number of nitrogens with two attached hydrogens (primary N) is 1. The van der Waals surface area contributed by atoms with E-state index in [2.05, 4.69) is 11.9 Å². The van der Waals surface area contributed by atoms with E-state index in [1.165, 1.54) is 23.5 Å². The van der Waals surface area contributed by atoms with Gasteiger partial charge in [0.25, 0.3) is 0 Å². The minimum absolute atomic E-state index is 0.122. The minimum atomic E-state index is -0.131. The van der Waals surface area contributed by atoms with Crippen LogP contribution in [0.1, 0.15) is 23.9 Å². The Morgan fingerprint density at radius 1 is 1.28 bits per heavy atom. The minimum Gasteiger partial charge on any atom is -0.504 e. The average molecular weight is 264 g/mol. The molecule has 2 rings (SSSR count). The molecule has 0 radical (unpaired) electrons. The highest BCUT2D eigenvalue weighted by molar-refractivity contribution is 7.15. The number of hydrogen-bond donors (Lipinski definition) is 3. The summed E-state index contributed by atoms with van der Waals surface area (Å²) in [5.41, 5.74) is 7.54. The van der Waals surface area contributed by atoms with E-state index in [9.17, 15) is 10.2 Å². The standard InChI is InChI=1S/C13H16N2O2S/c1-2-3-9-12(7-14)18-13(15-9)8-4-5-10(16)11(17)6-8/h4-6,16-17H,2-3,7,14H2,1H3. The Kier molecular flexibility index (Phi) is 3.84. The summed E-state index contributed by atoms with van der Waals surface area (Å²) in [5.74, 6) is -0.253. The highest BCUT2D eigenvalue weighted by Gasteiger charge is 2.12. The molecule has 2 aromatic rings. The molecule has 1 aromatic heterocycles. The summed E-state index contributed by atoms with van der Waals surface area (Å²) >= 11 is 1.54. The fourth-order valence-electron chi connectivity index (χ4n) is 1.75. The maximum absolute atomic E-state index is 9.50. The number of nitrogens with zero attached hydrogens (tertiary/aromatic N) is 1. The van der Waals surface area contributed by atoms with E-state index in [1.807, 2.05) is 0 Å². The second-order valence-corrected chi connectivity index (χ2v) is 5.13. The van der Waals surface area contributed by atoms with Gasteiger partial charge in [0, 0.05) is 17.0 Å². The van der Waals surface area contributed by atoms with Crippen LogP contribution in [0.4, 0.5) is 0 Å². The Morgan fingerprint density at radius 2 is 2.06 bits per heavy atom. The molecule has 4 nitrogen and oxygen atoms in total. The van der Waals surface area contributed by atoms with Gasteiger partial charge >= 0.3 is 0 Å². The van der Waals surface area contributed by atoms with Crippen molar-refractivity contribution < 1.29 is 10.2 Å². The van der Waals surface area contributed by atoms with Crippen molar-refractivity contribution in [1.82, 2.24) is 4.98 Å². The lowest BCUT2D eigenvalue weighted by molar-refractivity contribution is 0.404. The third-order valence-corrected chi connectivity index (χ3v) is 3.84. The van der Waals surface area contributed by atoms with Crippen LogP contribution in [0.2, 0.25) is 0 Å². The second-order valence-electron chi connectivity index (χ2n) is 4.05. The zero-order valence-electron chi connectivity index (χ0n) is 10.2. The van der Waals surface area contributed by atoms with Gasteiger partial charge in [-0.05, 0) is 24.6 Å². The molecule has 0 saturated carbocycles. The molecule has 0 aliphatic rings. The number of hydrogen-bond acceptors (Lipinski definition) is 5. The van der Waals surface area contributed by atoms with Crippen LogP contribution >= 0.6 is 11.3 Å². The lowest BCUT2D eigenvalue weighted by atomic mass is 10.2. The summed E-state index contributed by atoms with van der Waals surface area (Å²) in [7, 11) is 0. The molecular weight excluding hydrogens is 248 g/mol. The summed E-state index contributed by atoms with van der Waals surface area (Å²) in [6, 6.07) is 4.72. The van der Waals surface area contributed by atoms with E-state index in [4.69, 9.17) is 5.73 Å². The first-order valence-corrected chi connectivity index (χ1v) is 6.68. The molecular formula is C13H16N2O2S. The smallest absolute Gasteiger partial charge is 0.158 e. The summed E-state index contributed by atoms with van der Waals surface area (Å²) in [5, 5.41) is 19.6. The Balaban J connectivity index is 2.40. The molecule has 0 spiro atoms. The topological polar surface area (TPSA) is 79.4 Å². The number of aromatic nitrogens is 1. The van der Waals surface area contributed by atoms with Crippen LogP contribution in [-0.4, -0.2) is 15.2 Å². The highest BCUT2D eigenvalue weighted by Crippen LogP contribution is 2.34. The van der Waals surface area contributed by atoms with Gasteiger partial charge in [0.05, 0.1) is 5.69 Å². The maximum Gasteiger partial charge on any atom is 0.158 e. The van der Waals surface area contributed by atoms with Crippen molar-refractivity contribution in [3.8, 4) is 22.1 Å². The van der Waals surface area contributed by atoms with Crippen molar-refractivity contribution >= 4 is 11.3 Å². The lowest BCUT2D eigenvalue weighted by Crippen LogP contribution is -1.97. The highest BCUT2D eigenvalue weighted by atomic mass is 32.1. The molecule has 0 aliphatic heterocycles. The van der Waals surface area contributed by atoms with Crippen molar-refractivity contribution in [1.29, 1.82) is 0 Å². The number of rotatable bonds is 4. The third kappa shape index (κ3) is 2.47. The molecule has 96 valence electrons. The molecule has 0 bridgehead atoms. The molecule has 0 aliphatic carbocycles. The first-order valence-electron chi connectivity index (χ1n) is 5.86. The number of phenols is 2. The van der Waals surface area contributed by atoms with Crippen LogP contribution in [-0.2, 0) is 13.0 Å². The first kappa shape index (κ1) is 12.9. The van der Waals surface area contributed by atoms with E-state index in [-0.39, 0.29) is 11.5 Å². The SMILES string of the molecule is CCCc1nc(-c2ccc(O)c(O)c2)sc1CN. The van der Waals surface area contributed by atoms with E-state index in [0.717, 1.165) is 34.0 Å². The van der Waals surface area contributed by atoms with Crippen molar-refractivity contribution in [3.05, 3.63) is 28.8 Å². The molecule has 18 heavy (non-hydrogen) atoms. The lowest BCUT2D eigenvalue weighted by Gasteiger charge is -1.99. The number of aromatic hydroxyl groups is 2. The molecule has 0 atom stereocenters. The normalized spacial score (nSPS) is 10.8. The van der Waals surface area contributed by atoms with Gasteiger partial charge in [-0.25, -0.2) is 4.98 Å². The first-order chi connectivity index (χ1) is 8.65. The van der Waals surface area contributed by atoms with Gasteiger partial charge in [-0.15, -0.1) is 11.3 Å². The molecule has 5 heteroatoms. The zero-order chi connectivity index (χ0) is 13.1. The Bertz CT molecular complexity index is 552. The van der Waals surface area contributed by atoms with Crippen LogP contribution in [0.3, 0.4) is 0 Å². The number of phenolic OH excluding ortho intramolecular Hbond substituents is 2. The van der Waals surface area contributed by atoms with Crippen molar-refractivity contribution in [2.24, 2.45) is 5.73 Å². The van der Waals surface area contributed by atoms with Gasteiger partial charge in [0.2, 0.25) is 0 Å². The summed E-state index contributed by atoms with van der Waals surface area (Å²) in [4.78, 5) is 5.64. The van der Waals surface area contributed by atoms with Gasteiger partial charge < -0.3 is 15.9 Å². The number of benzene rings is 1. The van der Waals surface area contributed by atoms with Gasteiger partial charge in [-0.2, -0.15) is 0 Å². The number of aryl methyl sites for hydroxylation is 1. The van der Waals surface area contributed by atoms with E-state index >= 15 is 0 Å². The Hall–Kier alpha value is -1.59.